The van der Waals surface area contributed by atoms with Gasteiger partial charge in [0.25, 0.3) is 0 Å². The van der Waals surface area contributed by atoms with E-state index in [1.54, 1.807) is 0 Å². The average molecular weight is 196 g/mol. The van der Waals surface area contributed by atoms with Crippen LogP contribution in [0.3, 0.4) is 0 Å². The van der Waals surface area contributed by atoms with E-state index in [-0.39, 0.29) is 0 Å². The van der Waals surface area contributed by atoms with Crippen molar-refractivity contribution in [2.75, 3.05) is 0 Å². The molecule has 1 saturated carbocycles. The molecule has 84 valence electrons. The lowest BCUT2D eigenvalue weighted by molar-refractivity contribution is 0.392. The van der Waals surface area contributed by atoms with Crippen molar-refractivity contribution in [1.29, 1.82) is 0 Å². The van der Waals surface area contributed by atoms with Gasteiger partial charge in [-0.15, -0.1) is 0 Å². The second-order valence-electron chi connectivity index (χ2n) is 5.90. The first-order valence-corrected chi connectivity index (χ1v) is 6.58. The Morgan fingerprint density at radius 1 is 1.29 bits per heavy atom. The molecule has 0 nitrogen and oxygen atoms in total. The van der Waals surface area contributed by atoms with Crippen LogP contribution in [0.5, 0.6) is 0 Å². The molecule has 14 heavy (non-hydrogen) atoms. The predicted octanol–water partition coefficient (Wildman–Crippen LogP) is 5.03. The molecule has 0 saturated heterocycles. The summed E-state index contributed by atoms with van der Waals surface area (Å²) in [6.45, 7) is 9.59. The molecule has 0 aromatic carbocycles. The Morgan fingerprint density at radius 3 is 2.36 bits per heavy atom. The molecule has 0 aromatic rings. The first kappa shape index (κ1) is 12.1. The molecule has 0 amide bonds. The molecule has 3 unspecified atom stereocenters. The molecule has 1 aliphatic rings. The molecule has 1 rings (SSSR count). The number of hydrogen-bond acceptors (Lipinski definition) is 0. The fourth-order valence-corrected chi connectivity index (χ4v) is 2.54. The Morgan fingerprint density at radius 2 is 1.86 bits per heavy atom. The van der Waals surface area contributed by atoms with Gasteiger partial charge in [0, 0.05) is 0 Å². The minimum absolute atomic E-state index is 0.741. The summed E-state index contributed by atoms with van der Waals surface area (Å²) in [5, 5.41) is 0. The maximum atomic E-state index is 2.47. The minimum atomic E-state index is 0.741. The molecule has 0 heteroatoms. The monoisotopic (exact) mass is 196 g/mol. The van der Waals surface area contributed by atoms with Crippen molar-refractivity contribution < 1.29 is 0 Å². The van der Waals surface area contributed by atoms with Crippen molar-refractivity contribution in [1.82, 2.24) is 0 Å². The Bertz CT molecular complexity index is 161. The van der Waals surface area contributed by atoms with Crippen LogP contribution >= 0.6 is 0 Å². The highest BCUT2D eigenvalue weighted by molar-refractivity contribution is 4.95. The van der Waals surface area contributed by atoms with Crippen LogP contribution in [-0.4, -0.2) is 0 Å². The van der Waals surface area contributed by atoms with Gasteiger partial charge in [0.05, 0.1) is 0 Å². The summed E-state index contributed by atoms with van der Waals surface area (Å²) in [6.07, 6.45) is 10.1. The first-order chi connectivity index (χ1) is 6.58. The van der Waals surface area contributed by atoms with Gasteiger partial charge in [0.1, 0.15) is 0 Å². The summed E-state index contributed by atoms with van der Waals surface area (Å²) in [5.74, 6) is 1.97. The minimum Gasteiger partial charge on any atom is -0.0654 e. The van der Waals surface area contributed by atoms with E-state index < -0.39 is 0 Å². The average Bonchev–Trinajstić information content (AvgIpc) is 2.71. The van der Waals surface area contributed by atoms with Gasteiger partial charge in [-0.2, -0.15) is 0 Å². The topological polar surface area (TPSA) is 0 Å². The summed E-state index contributed by atoms with van der Waals surface area (Å²) in [7, 11) is 0. The number of unbranched alkanes of at least 4 members (excludes halogenated alkanes) is 1. The third kappa shape index (κ3) is 3.63. The normalized spacial score (nSPS) is 33.0. The van der Waals surface area contributed by atoms with Gasteiger partial charge in [0.15, 0.2) is 0 Å². The standard InChI is InChI=1S/C14H28/c1-5-6-8-12(2)9-7-10-14(4)11-13(14)3/h12-13H,5-11H2,1-4H3. The van der Waals surface area contributed by atoms with E-state index in [9.17, 15) is 0 Å². The smallest absolute Gasteiger partial charge is 0.0297 e. The summed E-state index contributed by atoms with van der Waals surface area (Å²) < 4.78 is 0. The van der Waals surface area contributed by atoms with Crippen molar-refractivity contribution in [3.05, 3.63) is 0 Å². The van der Waals surface area contributed by atoms with Gasteiger partial charge in [-0.25, -0.2) is 0 Å². The fraction of sp³-hybridized carbons (Fsp3) is 1.00. The van der Waals surface area contributed by atoms with Gasteiger partial charge >= 0.3 is 0 Å². The summed E-state index contributed by atoms with van der Waals surface area (Å²) in [6, 6.07) is 0. The van der Waals surface area contributed by atoms with E-state index >= 15 is 0 Å². The van der Waals surface area contributed by atoms with Crippen LogP contribution in [-0.2, 0) is 0 Å². The maximum absolute atomic E-state index is 2.47. The van der Waals surface area contributed by atoms with Crippen LogP contribution in [0.15, 0.2) is 0 Å². The summed E-state index contributed by atoms with van der Waals surface area (Å²) in [4.78, 5) is 0. The van der Waals surface area contributed by atoms with Gasteiger partial charge in [-0.3, -0.25) is 0 Å². The highest BCUT2D eigenvalue weighted by atomic mass is 14.5. The molecule has 0 heterocycles. The van der Waals surface area contributed by atoms with Crippen LogP contribution in [0.4, 0.5) is 0 Å². The maximum Gasteiger partial charge on any atom is -0.0297 e. The van der Waals surface area contributed by atoms with Crippen molar-refractivity contribution in [3.8, 4) is 0 Å². The quantitative estimate of drug-likeness (QED) is 0.536. The fourth-order valence-electron chi connectivity index (χ4n) is 2.54. The first-order valence-electron chi connectivity index (χ1n) is 6.58. The lowest BCUT2D eigenvalue weighted by Crippen LogP contribution is -2.00. The lowest BCUT2D eigenvalue weighted by Gasteiger charge is -2.13. The lowest BCUT2D eigenvalue weighted by atomic mass is 9.93. The Hall–Kier alpha value is 0. The highest BCUT2D eigenvalue weighted by Crippen LogP contribution is 2.55. The van der Waals surface area contributed by atoms with Crippen molar-refractivity contribution in [2.45, 2.75) is 72.6 Å². The molecule has 3 atom stereocenters. The molecular weight excluding hydrogens is 168 g/mol. The van der Waals surface area contributed by atoms with Crippen LogP contribution in [0.25, 0.3) is 0 Å². The zero-order valence-electron chi connectivity index (χ0n) is 10.6. The van der Waals surface area contributed by atoms with Crippen molar-refractivity contribution in [2.24, 2.45) is 17.3 Å². The van der Waals surface area contributed by atoms with E-state index in [0.29, 0.717) is 0 Å². The molecule has 0 spiro atoms. The van der Waals surface area contributed by atoms with Crippen molar-refractivity contribution >= 4 is 0 Å². The summed E-state index contributed by atoms with van der Waals surface area (Å²) >= 11 is 0. The molecule has 0 aromatic heterocycles. The molecular formula is C14H28. The largest absolute Gasteiger partial charge is 0.0654 e. The van der Waals surface area contributed by atoms with Crippen LogP contribution in [0, 0.1) is 17.3 Å². The van der Waals surface area contributed by atoms with E-state index in [2.05, 4.69) is 27.7 Å². The van der Waals surface area contributed by atoms with E-state index in [1.165, 1.54) is 44.9 Å². The second kappa shape index (κ2) is 5.19. The SMILES string of the molecule is CCCCC(C)CCCC1(C)CC1C. The van der Waals surface area contributed by atoms with E-state index in [0.717, 1.165) is 17.3 Å². The Labute approximate surface area is 90.5 Å². The van der Waals surface area contributed by atoms with Crippen molar-refractivity contribution in [3.63, 3.8) is 0 Å². The summed E-state index contributed by atoms with van der Waals surface area (Å²) in [5.41, 5.74) is 0.741. The molecule has 1 fully saturated rings. The number of rotatable bonds is 7. The van der Waals surface area contributed by atoms with Crippen LogP contribution < -0.4 is 0 Å². The van der Waals surface area contributed by atoms with Crippen LogP contribution in [0.1, 0.15) is 72.6 Å². The zero-order chi connectivity index (χ0) is 10.6. The second-order valence-corrected chi connectivity index (χ2v) is 5.90. The van der Waals surface area contributed by atoms with Gasteiger partial charge < -0.3 is 0 Å². The molecule has 0 aliphatic heterocycles. The van der Waals surface area contributed by atoms with Gasteiger partial charge in [0.2, 0.25) is 0 Å². The molecule has 0 bridgehead atoms. The van der Waals surface area contributed by atoms with E-state index in [1.807, 2.05) is 0 Å². The Kier molecular flexibility index (Phi) is 4.47. The zero-order valence-corrected chi connectivity index (χ0v) is 10.6. The van der Waals surface area contributed by atoms with Crippen LogP contribution in [0.2, 0.25) is 0 Å². The molecule has 0 N–H and O–H groups in total. The third-order valence-electron chi connectivity index (χ3n) is 4.30. The van der Waals surface area contributed by atoms with Gasteiger partial charge in [-0.05, 0) is 30.1 Å². The molecule has 1 aliphatic carbocycles. The highest BCUT2D eigenvalue weighted by Gasteiger charge is 2.45. The third-order valence-corrected chi connectivity index (χ3v) is 4.30. The van der Waals surface area contributed by atoms with E-state index in [4.69, 9.17) is 0 Å². The molecule has 0 radical (unpaired) electrons. The predicted molar refractivity (Wildman–Crippen MR) is 64.4 cm³/mol. The number of hydrogen-bond donors (Lipinski definition) is 0. The Balaban J connectivity index is 1.98. The van der Waals surface area contributed by atoms with Gasteiger partial charge in [-0.1, -0.05) is 59.8 Å².